The van der Waals surface area contributed by atoms with Crippen molar-refractivity contribution in [1.82, 2.24) is 0 Å². The number of carboxylic acid groups (broad SMARTS) is 3. The molecule has 0 spiro atoms. The quantitative estimate of drug-likeness (QED) is 0.0750. The molecule has 0 aliphatic rings. The standard InChI is InChI=1S/C33H68O7Si3/c1-10-19-41(20-11-2,21-12-3)33(31(38)39,42(22-13-4,23-14-5)24-15-6)32(30(36)37,28-29(34)35)40-43(25-16-7,26-17-8)27-18-9/h10-28H2,1-9H3,(H,34,35)(H,36,37)(H,38,39). The van der Waals surface area contributed by atoms with E-state index in [9.17, 15) is 29.7 Å². The summed E-state index contributed by atoms with van der Waals surface area (Å²) in [6.07, 6.45) is 6.22. The molecule has 0 heterocycles. The molecule has 0 saturated carbocycles. The first-order valence-electron chi connectivity index (χ1n) is 17.7. The van der Waals surface area contributed by atoms with Crippen LogP contribution in [0.1, 0.15) is 127 Å². The van der Waals surface area contributed by atoms with Gasteiger partial charge in [0.25, 0.3) is 0 Å². The largest absolute Gasteiger partial charge is 0.481 e. The summed E-state index contributed by atoms with van der Waals surface area (Å²) in [5.41, 5.74) is -2.28. The lowest BCUT2D eigenvalue weighted by Gasteiger charge is -2.64. The van der Waals surface area contributed by atoms with Crippen molar-refractivity contribution in [3.63, 3.8) is 0 Å². The molecule has 0 aromatic rings. The first-order valence-corrected chi connectivity index (χ1v) is 25.5. The number of carbonyl (C=O) groups is 3. The maximum atomic E-state index is 14.8. The predicted octanol–water partition coefficient (Wildman–Crippen LogP) is 10.2. The van der Waals surface area contributed by atoms with E-state index < -0.39 is 59.1 Å². The molecule has 254 valence electrons. The molecule has 0 aliphatic carbocycles. The van der Waals surface area contributed by atoms with E-state index in [1.807, 2.05) is 0 Å². The first kappa shape index (κ1) is 42.0. The molecular formula is C33H68O7Si3. The number of hydrogen-bond donors (Lipinski definition) is 3. The van der Waals surface area contributed by atoms with Gasteiger partial charge in [0, 0.05) is 0 Å². The normalized spacial score (nSPS) is 14.4. The molecule has 0 rings (SSSR count). The average Bonchev–Trinajstić information content (AvgIpc) is 2.89. The van der Waals surface area contributed by atoms with Gasteiger partial charge >= 0.3 is 17.9 Å². The summed E-state index contributed by atoms with van der Waals surface area (Å²) in [6.45, 7) is 18.8. The fourth-order valence-corrected chi connectivity index (χ4v) is 34.2. The molecule has 0 radical (unpaired) electrons. The molecule has 0 bridgehead atoms. The minimum Gasteiger partial charge on any atom is -0.481 e. The van der Waals surface area contributed by atoms with Crippen molar-refractivity contribution in [2.75, 3.05) is 0 Å². The van der Waals surface area contributed by atoms with Crippen molar-refractivity contribution in [3.8, 4) is 0 Å². The number of rotatable bonds is 27. The van der Waals surface area contributed by atoms with Gasteiger partial charge in [-0.15, -0.1) is 0 Å². The van der Waals surface area contributed by atoms with Gasteiger partial charge in [-0.2, -0.15) is 0 Å². The summed E-state index contributed by atoms with van der Waals surface area (Å²) in [5.74, 6) is -3.65. The Morgan fingerprint density at radius 1 is 0.488 bits per heavy atom. The minimum absolute atomic E-state index is 0.689. The van der Waals surface area contributed by atoms with Crippen LogP contribution in [-0.4, -0.2) is 63.3 Å². The van der Waals surface area contributed by atoms with Crippen LogP contribution in [0.2, 0.25) is 59.1 Å². The van der Waals surface area contributed by atoms with E-state index in [1.54, 1.807) is 0 Å². The van der Waals surface area contributed by atoms with E-state index in [-0.39, 0.29) is 0 Å². The maximum absolute atomic E-state index is 14.8. The summed E-state index contributed by atoms with van der Waals surface area (Å²) >= 11 is 0. The summed E-state index contributed by atoms with van der Waals surface area (Å²) in [6, 6.07) is 6.28. The van der Waals surface area contributed by atoms with Crippen molar-refractivity contribution >= 4 is 42.4 Å². The Morgan fingerprint density at radius 3 is 0.953 bits per heavy atom. The predicted molar refractivity (Wildman–Crippen MR) is 187 cm³/mol. The van der Waals surface area contributed by atoms with E-state index in [4.69, 9.17) is 4.43 Å². The molecule has 0 aromatic carbocycles. The van der Waals surface area contributed by atoms with Crippen LogP contribution in [0.25, 0.3) is 0 Å². The molecule has 0 aromatic heterocycles. The number of hydrogen-bond acceptors (Lipinski definition) is 4. The average molecular weight is 661 g/mol. The van der Waals surface area contributed by atoms with Gasteiger partial charge < -0.3 is 19.7 Å². The summed E-state index contributed by atoms with van der Waals surface area (Å²) in [5, 5.41) is 34.4. The van der Waals surface area contributed by atoms with Gasteiger partial charge in [0.2, 0.25) is 0 Å². The topological polar surface area (TPSA) is 121 Å². The highest BCUT2D eigenvalue weighted by Gasteiger charge is 2.79. The lowest BCUT2D eigenvalue weighted by atomic mass is 9.93. The van der Waals surface area contributed by atoms with Crippen molar-refractivity contribution in [2.24, 2.45) is 0 Å². The van der Waals surface area contributed by atoms with Crippen molar-refractivity contribution in [3.05, 3.63) is 0 Å². The second-order valence-corrected chi connectivity index (χ2v) is 27.5. The van der Waals surface area contributed by atoms with E-state index in [0.29, 0.717) is 54.4 Å². The minimum atomic E-state index is -3.10. The van der Waals surface area contributed by atoms with Gasteiger partial charge in [0.1, 0.15) is 0 Å². The van der Waals surface area contributed by atoms with Crippen LogP contribution in [0.15, 0.2) is 0 Å². The van der Waals surface area contributed by atoms with Crippen LogP contribution in [0.5, 0.6) is 0 Å². The summed E-state index contributed by atoms with van der Waals surface area (Å²) in [7, 11) is -9.08. The Labute approximate surface area is 267 Å². The molecule has 0 fully saturated rings. The molecular weight excluding hydrogens is 593 g/mol. The lowest BCUT2D eigenvalue weighted by molar-refractivity contribution is -0.171. The van der Waals surface area contributed by atoms with Crippen molar-refractivity contribution < 1.29 is 34.1 Å². The monoisotopic (exact) mass is 660 g/mol. The zero-order valence-corrected chi connectivity index (χ0v) is 32.4. The Hall–Kier alpha value is -0.979. The highest BCUT2D eigenvalue weighted by molar-refractivity contribution is 7.06. The van der Waals surface area contributed by atoms with E-state index >= 15 is 0 Å². The highest BCUT2D eigenvalue weighted by atomic mass is 28.4. The zero-order chi connectivity index (χ0) is 33.4. The SMILES string of the molecule is CCC[Si](CCC)(CCC)OC(CC(=O)O)(C(=O)O)C(C(=O)O)([Si](CCC)(CCC)CCC)[Si](CCC)(CCC)CCC. The molecule has 43 heavy (non-hydrogen) atoms. The molecule has 0 saturated heterocycles. The Balaban J connectivity index is 9.07. The van der Waals surface area contributed by atoms with Crippen LogP contribution >= 0.6 is 0 Å². The molecule has 3 N–H and O–H groups in total. The molecule has 1 atom stereocenters. The highest BCUT2D eigenvalue weighted by Crippen LogP contribution is 2.67. The van der Waals surface area contributed by atoms with Gasteiger partial charge in [-0.3, -0.25) is 9.59 Å². The fourth-order valence-electron chi connectivity index (χ4n) is 9.79. The third kappa shape index (κ3) is 8.64. The van der Waals surface area contributed by atoms with Gasteiger partial charge in [0.05, 0.1) is 27.2 Å². The third-order valence-electron chi connectivity index (χ3n) is 10.1. The van der Waals surface area contributed by atoms with Crippen LogP contribution < -0.4 is 0 Å². The second-order valence-electron chi connectivity index (χ2n) is 13.4. The van der Waals surface area contributed by atoms with Crippen LogP contribution in [0.3, 0.4) is 0 Å². The Morgan fingerprint density at radius 2 is 0.767 bits per heavy atom. The van der Waals surface area contributed by atoms with E-state index in [0.717, 1.165) is 57.8 Å². The second kappa shape index (κ2) is 19.5. The van der Waals surface area contributed by atoms with Gasteiger partial charge in [-0.1, -0.05) is 156 Å². The van der Waals surface area contributed by atoms with E-state index in [2.05, 4.69) is 62.3 Å². The molecule has 1 unspecified atom stereocenters. The van der Waals surface area contributed by atoms with Gasteiger partial charge in [0.15, 0.2) is 13.9 Å². The van der Waals surface area contributed by atoms with Crippen molar-refractivity contribution in [1.29, 1.82) is 0 Å². The molecule has 7 nitrogen and oxygen atoms in total. The lowest BCUT2D eigenvalue weighted by Crippen LogP contribution is -2.78. The summed E-state index contributed by atoms with van der Waals surface area (Å²) in [4.78, 5) is 42.2. The number of carboxylic acids is 3. The molecule has 0 aliphatic heterocycles. The molecule has 0 amide bonds. The van der Waals surface area contributed by atoms with Crippen LogP contribution in [0, 0.1) is 0 Å². The van der Waals surface area contributed by atoms with Crippen LogP contribution in [0.4, 0.5) is 0 Å². The maximum Gasteiger partial charge on any atom is 0.336 e. The Bertz CT molecular complexity index is 773. The Kier molecular flexibility index (Phi) is 19.1. The smallest absolute Gasteiger partial charge is 0.336 e. The van der Waals surface area contributed by atoms with Crippen LogP contribution in [-0.2, 0) is 18.8 Å². The van der Waals surface area contributed by atoms with Gasteiger partial charge in [-0.25, -0.2) is 4.79 Å². The summed E-state index contributed by atoms with van der Waals surface area (Å²) < 4.78 is 5.71. The van der Waals surface area contributed by atoms with E-state index in [1.165, 1.54) is 0 Å². The third-order valence-corrected chi connectivity index (χ3v) is 31.5. The zero-order valence-electron chi connectivity index (χ0n) is 29.4. The first-order chi connectivity index (χ1) is 20.3. The fraction of sp³-hybridized carbons (Fsp3) is 0.909. The molecule has 10 heteroatoms. The van der Waals surface area contributed by atoms with Crippen molar-refractivity contribution in [2.45, 2.75) is 191 Å². The van der Waals surface area contributed by atoms with Gasteiger partial charge in [-0.05, 0) is 18.1 Å². The number of aliphatic carboxylic acids is 3.